The third-order valence-corrected chi connectivity index (χ3v) is 6.53. The number of unbranched alkanes of at least 4 members (excludes halogenated alkanes) is 13. The van der Waals surface area contributed by atoms with Gasteiger partial charge in [0.05, 0.1) is 13.2 Å². The maximum absolute atomic E-state index is 12.2. The van der Waals surface area contributed by atoms with Crippen molar-refractivity contribution >= 4 is 19.8 Å². The lowest BCUT2D eigenvalue weighted by Crippen LogP contribution is -2.29. The zero-order valence-electron chi connectivity index (χ0n) is 22.0. The quantitative estimate of drug-likeness (QED) is 0.0862. The largest absolute Gasteiger partial charge is 0.472 e. The molecule has 10 heteroatoms. The molecule has 0 heterocycles. The minimum absolute atomic E-state index is 0.0552. The summed E-state index contributed by atoms with van der Waals surface area (Å²) in [6.07, 6.45) is 16.6. The smallest absolute Gasteiger partial charge is 0.462 e. The van der Waals surface area contributed by atoms with E-state index in [-0.39, 0.29) is 32.6 Å². The average Bonchev–Trinajstić information content (AvgIpc) is 2.84. The third kappa shape index (κ3) is 23.2. The minimum Gasteiger partial charge on any atom is -0.462 e. The molecule has 0 aliphatic carbocycles. The van der Waals surface area contributed by atoms with Gasteiger partial charge in [-0.1, -0.05) is 97.3 Å². The van der Waals surface area contributed by atoms with E-state index in [9.17, 15) is 19.0 Å². The Labute approximate surface area is 212 Å². The van der Waals surface area contributed by atoms with Crippen LogP contribution in [0.2, 0.25) is 0 Å². The molecular weight excluding hydrogens is 473 g/mol. The van der Waals surface area contributed by atoms with Crippen LogP contribution in [-0.4, -0.2) is 49.3 Å². The molecule has 0 aliphatic heterocycles. The van der Waals surface area contributed by atoms with Crippen molar-refractivity contribution in [3.05, 3.63) is 0 Å². The van der Waals surface area contributed by atoms with Crippen LogP contribution in [0.25, 0.3) is 0 Å². The molecule has 208 valence electrons. The fourth-order valence-electron chi connectivity index (χ4n) is 3.50. The van der Waals surface area contributed by atoms with Crippen LogP contribution in [-0.2, 0) is 32.7 Å². The first-order valence-electron chi connectivity index (χ1n) is 13.5. The lowest BCUT2D eigenvalue weighted by atomic mass is 10.0. The van der Waals surface area contributed by atoms with Crippen molar-refractivity contribution in [2.75, 3.05) is 26.4 Å². The molecule has 35 heavy (non-hydrogen) atoms. The van der Waals surface area contributed by atoms with E-state index >= 15 is 0 Å². The summed E-state index contributed by atoms with van der Waals surface area (Å²) in [7, 11) is -4.32. The lowest BCUT2D eigenvalue weighted by Gasteiger charge is -2.19. The molecule has 0 saturated heterocycles. The van der Waals surface area contributed by atoms with E-state index in [0.29, 0.717) is 6.42 Å². The molecule has 3 N–H and O–H groups in total. The molecule has 0 aromatic heterocycles. The number of phosphoric ester groups is 1. The average molecular weight is 524 g/mol. The summed E-state index contributed by atoms with van der Waals surface area (Å²) in [5, 5.41) is 0. The topological polar surface area (TPSA) is 134 Å². The van der Waals surface area contributed by atoms with E-state index in [2.05, 4.69) is 11.4 Å². The molecule has 9 nitrogen and oxygen atoms in total. The van der Waals surface area contributed by atoms with Gasteiger partial charge in [0.25, 0.3) is 0 Å². The molecule has 0 saturated carbocycles. The summed E-state index contributed by atoms with van der Waals surface area (Å²) in [5.41, 5.74) is 5.24. The van der Waals surface area contributed by atoms with Gasteiger partial charge in [0.2, 0.25) is 0 Å². The van der Waals surface area contributed by atoms with E-state index < -0.39 is 32.5 Å². The van der Waals surface area contributed by atoms with E-state index in [1.54, 1.807) is 6.92 Å². The van der Waals surface area contributed by atoms with Gasteiger partial charge in [-0.15, -0.1) is 0 Å². The van der Waals surface area contributed by atoms with Crippen molar-refractivity contribution in [3.8, 4) is 0 Å². The molecule has 2 atom stereocenters. The maximum atomic E-state index is 12.2. The SMILES string of the molecule is CCCCCCCCCCCCCCCCC(=O)OC(COC(=O)CC)COP(=O)(O)OCCN. The molecule has 0 fully saturated rings. The van der Waals surface area contributed by atoms with Crippen LogP contribution in [0.3, 0.4) is 0 Å². The van der Waals surface area contributed by atoms with Gasteiger partial charge < -0.3 is 20.1 Å². The molecular formula is C25H50NO8P. The summed E-state index contributed by atoms with van der Waals surface area (Å²) >= 11 is 0. The van der Waals surface area contributed by atoms with Gasteiger partial charge in [0.1, 0.15) is 6.61 Å². The van der Waals surface area contributed by atoms with Crippen molar-refractivity contribution in [2.24, 2.45) is 5.73 Å². The Kier molecular flexibility index (Phi) is 22.7. The monoisotopic (exact) mass is 523 g/mol. The first-order chi connectivity index (χ1) is 16.8. The van der Waals surface area contributed by atoms with Crippen molar-refractivity contribution < 1.29 is 37.6 Å². The van der Waals surface area contributed by atoms with Gasteiger partial charge in [-0.05, 0) is 6.42 Å². The second-order valence-electron chi connectivity index (χ2n) is 8.88. The van der Waals surface area contributed by atoms with Crippen molar-refractivity contribution in [3.63, 3.8) is 0 Å². The Hall–Kier alpha value is -0.990. The summed E-state index contributed by atoms with van der Waals surface area (Å²) in [5.74, 6) is -0.926. The summed E-state index contributed by atoms with van der Waals surface area (Å²) in [6, 6.07) is 0. The normalized spacial score (nSPS) is 13.8. The fourth-order valence-corrected chi connectivity index (χ4v) is 4.26. The second-order valence-corrected chi connectivity index (χ2v) is 10.3. The number of nitrogens with two attached hydrogens (primary N) is 1. The number of carbonyl (C=O) groups is 2. The Morgan fingerprint density at radius 1 is 0.771 bits per heavy atom. The molecule has 0 amide bonds. The number of hydrogen-bond acceptors (Lipinski definition) is 8. The highest BCUT2D eigenvalue weighted by Gasteiger charge is 2.25. The van der Waals surface area contributed by atoms with Gasteiger partial charge >= 0.3 is 19.8 Å². The Balaban J connectivity index is 3.97. The fraction of sp³-hybridized carbons (Fsp3) is 0.920. The molecule has 0 radical (unpaired) electrons. The van der Waals surface area contributed by atoms with Crippen molar-refractivity contribution in [2.45, 2.75) is 123 Å². The summed E-state index contributed by atoms with van der Waals surface area (Å²) in [4.78, 5) is 33.2. The van der Waals surface area contributed by atoms with Crippen LogP contribution in [0.4, 0.5) is 0 Å². The number of ether oxygens (including phenoxy) is 2. The zero-order valence-corrected chi connectivity index (χ0v) is 22.9. The number of esters is 2. The van der Waals surface area contributed by atoms with Gasteiger partial charge in [0.15, 0.2) is 6.10 Å². The number of hydrogen-bond donors (Lipinski definition) is 2. The second kappa shape index (κ2) is 23.4. The third-order valence-electron chi connectivity index (χ3n) is 5.55. The van der Waals surface area contributed by atoms with E-state index in [1.165, 1.54) is 70.6 Å². The van der Waals surface area contributed by atoms with Crippen LogP contribution in [0.15, 0.2) is 0 Å². The highest BCUT2D eigenvalue weighted by molar-refractivity contribution is 7.47. The van der Waals surface area contributed by atoms with Crippen molar-refractivity contribution in [1.29, 1.82) is 0 Å². The Morgan fingerprint density at radius 2 is 1.29 bits per heavy atom. The molecule has 0 aromatic rings. The summed E-state index contributed by atoms with van der Waals surface area (Å²) in [6.45, 7) is 3.10. The van der Waals surface area contributed by atoms with Crippen LogP contribution < -0.4 is 5.73 Å². The molecule has 0 bridgehead atoms. The van der Waals surface area contributed by atoms with Gasteiger partial charge in [-0.3, -0.25) is 18.6 Å². The predicted octanol–water partition coefficient (Wildman–Crippen LogP) is 5.82. The lowest BCUT2D eigenvalue weighted by molar-refractivity contribution is -0.161. The molecule has 0 rings (SSSR count). The van der Waals surface area contributed by atoms with Crippen LogP contribution >= 0.6 is 7.82 Å². The van der Waals surface area contributed by atoms with Gasteiger partial charge in [-0.25, -0.2) is 4.57 Å². The predicted molar refractivity (Wildman–Crippen MR) is 137 cm³/mol. The van der Waals surface area contributed by atoms with Crippen LogP contribution in [0, 0.1) is 0 Å². The molecule has 0 spiro atoms. The van der Waals surface area contributed by atoms with Gasteiger partial charge in [-0.2, -0.15) is 0 Å². The Bertz CT molecular complexity index is 576. The number of carbonyl (C=O) groups excluding carboxylic acids is 2. The highest BCUT2D eigenvalue weighted by atomic mass is 31.2. The molecule has 2 unspecified atom stereocenters. The zero-order chi connectivity index (χ0) is 26.2. The van der Waals surface area contributed by atoms with Crippen LogP contribution in [0.1, 0.15) is 117 Å². The minimum atomic E-state index is -4.32. The highest BCUT2D eigenvalue weighted by Crippen LogP contribution is 2.43. The van der Waals surface area contributed by atoms with E-state index in [0.717, 1.165) is 12.8 Å². The van der Waals surface area contributed by atoms with E-state index in [4.69, 9.17) is 19.7 Å². The molecule has 0 aromatic carbocycles. The first-order valence-corrected chi connectivity index (χ1v) is 15.0. The van der Waals surface area contributed by atoms with Crippen LogP contribution in [0.5, 0.6) is 0 Å². The first kappa shape index (κ1) is 34.0. The van der Waals surface area contributed by atoms with Gasteiger partial charge in [0, 0.05) is 19.4 Å². The Morgan fingerprint density at radius 3 is 1.77 bits per heavy atom. The van der Waals surface area contributed by atoms with Crippen molar-refractivity contribution in [1.82, 2.24) is 0 Å². The molecule has 0 aliphatic rings. The summed E-state index contributed by atoms with van der Waals surface area (Å²) < 4.78 is 31.6. The standard InChI is InChI=1S/C25H50NO8P/c1-3-5-6-7-8-9-10-11-12-13-14-15-16-17-18-25(28)34-23(21-31-24(27)4-2)22-33-35(29,30)32-20-19-26/h23H,3-22,26H2,1-2H3,(H,29,30). The van der Waals surface area contributed by atoms with E-state index in [1.807, 2.05) is 0 Å². The number of phosphoric acid groups is 1. The number of rotatable bonds is 25. The maximum Gasteiger partial charge on any atom is 0.472 e.